The fourth-order valence-electron chi connectivity index (χ4n) is 6.44. The number of allylic oxidation sites excluding steroid dienone is 4. The molecule has 0 amide bonds. The lowest BCUT2D eigenvalue weighted by molar-refractivity contribution is -0.149. The number of aliphatic hydroxyl groups excluding tert-OH is 1. The van der Waals surface area contributed by atoms with E-state index in [9.17, 15) is 9.90 Å². The molecule has 2 unspecified atom stereocenters. The van der Waals surface area contributed by atoms with Crippen molar-refractivity contribution in [3.8, 4) is 0 Å². The Morgan fingerprint density at radius 2 is 1.04 bits per heavy atom. The Hall–Kier alpha value is -1.17. The first-order chi connectivity index (χ1) is 23.6. The highest BCUT2D eigenvalue weighted by atomic mass is 16.5. The molecule has 0 bridgehead atoms. The molecule has 48 heavy (non-hydrogen) atoms. The molecule has 0 aromatic rings. The highest BCUT2D eigenvalue weighted by Gasteiger charge is 2.19. The first-order valence-electron chi connectivity index (χ1n) is 21.2. The number of rotatable bonds is 38. The second kappa shape index (κ2) is 38.6. The van der Waals surface area contributed by atoms with Crippen LogP contribution in [0.25, 0.3) is 0 Å². The molecule has 0 heterocycles. The van der Waals surface area contributed by atoms with E-state index in [4.69, 9.17) is 10.5 Å². The van der Waals surface area contributed by atoms with E-state index in [1.54, 1.807) is 0 Å². The number of ether oxygens (including phenoxy) is 1. The highest BCUT2D eigenvalue weighted by molar-refractivity contribution is 5.72. The van der Waals surface area contributed by atoms with Crippen molar-refractivity contribution in [1.82, 2.24) is 4.90 Å². The normalized spacial score (nSPS) is 13.3. The van der Waals surface area contributed by atoms with Gasteiger partial charge in [-0.2, -0.15) is 0 Å². The summed E-state index contributed by atoms with van der Waals surface area (Å²) in [7, 11) is 0. The minimum atomic E-state index is -0.444. The maximum absolute atomic E-state index is 12.9. The summed E-state index contributed by atoms with van der Waals surface area (Å²) in [6.07, 6.45) is 42.8. The topological polar surface area (TPSA) is 75.8 Å². The number of nitrogens with zero attached hydrogens (tertiary/aromatic N) is 1. The van der Waals surface area contributed by atoms with Crippen LogP contribution in [0.5, 0.6) is 0 Å². The van der Waals surface area contributed by atoms with Crippen molar-refractivity contribution in [2.24, 2.45) is 11.7 Å². The number of carbonyl (C=O) groups is 1. The standard InChI is InChI=1S/C43H84N2O3/c1-4-7-10-13-15-16-17-18-19-20-21-22-23-24-26-31-36-45(40-42(46)39-44)37-32-27-28-33-38-48-43(47)41(34-29-12-9-6-3)35-30-25-14-11-8-5-2/h15-16,18-19,41-42,46H,4-14,17,20-40,44H2,1-3H3/b16-15-,19-18-. The van der Waals surface area contributed by atoms with Crippen molar-refractivity contribution < 1.29 is 14.6 Å². The van der Waals surface area contributed by atoms with Gasteiger partial charge in [0.15, 0.2) is 0 Å². The fourth-order valence-corrected chi connectivity index (χ4v) is 6.44. The maximum atomic E-state index is 12.9. The molecule has 0 aliphatic rings. The summed E-state index contributed by atoms with van der Waals surface area (Å²) < 4.78 is 5.79. The lowest BCUT2D eigenvalue weighted by Crippen LogP contribution is -2.37. The van der Waals surface area contributed by atoms with Gasteiger partial charge in [-0.05, 0) is 77.3 Å². The average Bonchev–Trinajstić information content (AvgIpc) is 3.09. The third-order valence-corrected chi connectivity index (χ3v) is 9.67. The molecule has 0 aromatic heterocycles. The monoisotopic (exact) mass is 677 g/mol. The van der Waals surface area contributed by atoms with Gasteiger partial charge in [0.1, 0.15) is 0 Å². The summed E-state index contributed by atoms with van der Waals surface area (Å²) in [6.45, 7) is 10.4. The molecule has 3 N–H and O–H groups in total. The average molecular weight is 677 g/mol. The summed E-state index contributed by atoms with van der Waals surface area (Å²) in [4.78, 5) is 15.3. The van der Waals surface area contributed by atoms with E-state index < -0.39 is 6.10 Å². The molecule has 0 saturated carbocycles. The lowest BCUT2D eigenvalue weighted by Gasteiger charge is -2.24. The second-order valence-electron chi connectivity index (χ2n) is 14.5. The van der Waals surface area contributed by atoms with Crippen molar-refractivity contribution in [3.05, 3.63) is 24.3 Å². The Bertz CT molecular complexity index is 710. The number of aliphatic hydroxyl groups is 1. The third-order valence-electron chi connectivity index (χ3n) is 9.67. The Morgan fingerprint density at radius 3 is 1.60 bits per heavy atom. The number of unbranched alkanes of at least 4 members (excludes halogenated alkanes) is 20. The SMILES string of the molecule is CCCCC/C=C\C/C=C\CCCCCCCCN(CCCCCCOC(=O)C(CCCCCC)CCCCCCCC)CC(O)CN. The van der Waals surface area contributed by atoms with Crippen LogP contribution in [0, 0.1) is 5.92 Å². The van der Waals surface area contributed by atoms with Gasteiger partial charge < -0.3 is 20.5 Å². The van der Waals surface area contributed by atoms with Crippen LogP contribution in [0.15, 0.2) is 24.3 Å². The summed E-state index contributed by atoms with van der Waals surface area (Å²) in [6, 6.07) is 0. The fraction of sp³-hybridized carbons (Fsp3) is 0.884. The minimum absolute atomic E-state index is 0.0512. The Kier molecular flexibility index (Phi) is 37.7. The van der Waals surface area contributed by atoms with Crippen LogP contribution in [-0.2, 0) is 9.53 Å². The van der Waals surface area contributed by atoms with Gasteiger partial charge in [-0.15, -0.1) is 0 Å². The van der Waals surface area contributed by atoms with Gasteiger partial charge in [-0.1, -0.05) is 161 Å². The number of carbonyl (C=O) groups excluding carboxylic acids is 1. The van der Waals surface area contributed by atoms with Crippen LogP contribution < -0.4 is 5.73 Å². The molecular formula is C43H84N2O3. The molecule has 0 aliphatic heterocycles. The van der Waals surface area contributed by atoms with E-state index in [-0.39, 0.29) is 11.9 Å². The maximum Gasteiger partial charge on any atom is 0.308 e. The molecule has 284 valence electrons. The van der Waals surface area contributed by atoms with E-state index in [2.05, 4.69) is 50.0 Å². The smallest absolute Gasteiger partial charge is 0.308 e. The van der Waals surface area contributed by atoms with Gasteiger partial charge in [-0.3, -0.25) is 4.79 Å². The number of esters is 1. The van der Waals surface area contributed by atoms with Gasteiger partial charge in [0.25, 0.3) is 0 Å². The second-order valence-corrected chi connectivity index (χ2v) is 14.5. The molecule has 0 spiro atoms. The van der Waals surface area contributed by atoms with Gasteiger partial charge in [0, 0.05) is 13.1 Å². The predicted octanol–water partition coefficient (Wildman–Crippen LogP) is 11.9. The van der Waals surface area contributed by atoms with Crippen LogP contribution in [-0.4, -0.2) is 54.9 Å². The molecule has 0 aromatic carbocycles. The molecule has 2 atom stereocenters. The number of hydrogen-bond acceptors (Lipinski definition) is 5. The third kappa shape index (κ3) is 33.3. The number of nitrogens with two attached hydrogens (primary N) is 1. The minimum Gasteiger partial charge on any atom is -0.465 e. The first-order valence-corrected chi connectivity index (χ1v) is 21.2. The van der Waals surface area contributed by atoms with Crippen molar-refractivity contribution in [2.75, 3.05) is 32.8 Å². The summed E-state index contributed by atoms with van der Waals surface area (Å²) in [5.74, 6) is 0.144. The molecule has 0 fully saturated rings. The zero-order valence-electron chi connectivity index (χ0n) is 32.6. The summed E-state index contributed by atoms with van der Waals surface area (Å²) in [5.41, 5.74) is 5.73. The van der Waals surface area contributed by atoms with Gasteiger partial charge >= 0.3 is 5.97 Å². The largest absolute Gasteiger partial charge is 0.465 e. The molecule has 0 aliphatic carbocycles. The van der Waals surface area contributed by atoms with Crippen LogP contribution in [0.2, 0.25) is 0 Å². The van der Waals surface area contributed by atoms with Crippen molar-refractivity contribution in [1.29, 1.82) is 0 Å². The molecule has 5 nitrogen and oxygen atoms in total. The Balaban J connectivity index is 4.09. The lowest BCUT2D eigenvalue weighted by atomic mass is 9.94. The predicted molar refractivity (Wildman–Crippen MR) is 211 cm³/mol. The first kappa shape index (κ1) is 46.8. The van der Waals surface area contributed by atoms with Crippen LogP contribution in [0.3, 0.4) is 0 Å². The quantitative estimate of drug-likeness (QED) is 0.0387. The van der Waals surface area contributed by atoms with Crippen molar-refractivity contribution >= 4 is 5.97 Å². The Labute approximate surface area is 300 Å². The van der Waals surface area contributed by atoms with Crippen LogP contribution in [0.1, 0.15) is 201 Å². The van der Waals surface area contributed by atoms with E-state index in [0.29, 0.717) is 19.7 Å². The highest BCUT2D eigenvalue weighted by Crippen LogP contribution is 2.21. The van der Waals surface area contributed by atoms with E-state index >= 15 is 0 Å². The molecule has 0 rings (SSSR count). The van der Waals surface area contributed by atoms with Gasteiger partial charge in [0.05, 0.1) is 18.6 Å². The van der Waals surface area contributed by atoms with Crippen molar-refractivity contribution in [2.45, 2.75) is 207 Å². The zero-order valence-corrected chi connectivity index (χ0v) is 32.6. The Morgan fingerprint density at radius 1 is 0.604 bits per heavy atom. The van der Waals surface area contributed by atoms with Gasteiger partial charge in [0.2, 0.25) is 0 Å². The summed E-state index contributed by atoms with van der Waals surface area (Å²) in [5, 5.41) is 10.2. The van der Waals surface area contributed by atoms with Crippen LogP contribution in [0.4, 0.5) is 0 Å². The van der Waals surface area contributed by atoms with E-state index in [1.807, 2.05) is 0 Å². The molecule has 0 saturated heterocycles. The van der Waals surface area contributed by atoms with Crippen LogP contribution >= 0.6 is 0 Å². The molecular weight excluding hydrogens is 592 g/mol. The molecule has 5 heteroatoms. The zero-order chi connectivity index (χ0) is 35.2. The van der Waals surface area contributed by atoms with Gasteiger partial charge in [-0.25, -0.2) is 0 Å². The van der Waals surface area contributed by atoms with E-state index in [0.717, 1.165) is 70.9 Å². The number of hydrogen-bond donors (Lipinski definition) is 2. The summed E-state index contributed by atoms with van der Waals surface area (Å²) >= 11 is 0. The van der Waals surface area contributed by atoms with E-state index in [1.165, 1.54) is 122 Å². The van der Waals surface area contributed by atoms with Crippen molar-refractivity contribution in [3.63, 3.8) is 0 Å². The molecule has 0 radical (unpaired) electrons.